The van der Waals surface area contributed by atoms with Gasteiger partial charge < -0.3 is 14.8 Å². The molecule has 112 valence electrons. The summed E-state index contributed by atoms with van der Waals surface area (Å²) >= 11 is 0. The fourth-order valence-corrected chi connectivity index (χ4v) is 3.54. The maximum absolute atomic E-state index is 4.42. The molecular weight excluding hydrogens is 250 g/mol. The lowest BCUT2D eigenvalue weighted by Crippen LogP contribution is -2.45. The van der Waals surface area contributed by atoms with Crippen LogP contribution in [0.5, 0.6) is 0 Å². The third-order valence-corrected chi connectivity index (χ3v) is 4.79. The van der Waals surface area contributed by atoms with Crippen LogP contribution in [0.3, 0.4) is 0 Å². The molecule has 0 atom stereocenters. The molecule has 1 heterocycles. The van der Waals surface area contributed by atoms with Crippen molar-refractivity contribution in [2.45, 2.75) is 63.1 Å². The highest BCUT2D eigenvalue weighted by Crippen LogP contribution is 2.37. The molecule has 1 aromatic rings. The standard InChI is InChI=1S/C15H27N5/c1-19(2)10-14-17-18-15(20(14)3)11-8-13(9-11)16-12-6-4-5-7-12/h11-13,16H,4-10H2,1-3H3. The van der Waals surface area contributed by atoms with Gasteiger partial charge in [0.15, 0.2) is 0 Å². The highest BCUT2D eigenvalue weighted by atomic mass is 15.3. The number of nitrogens with zero attached hydrogens (tertiary/aromatic N) is 4. The van der Waals surface area contributed by atoms with Gasteiger partial charge in [-0.3, -0.25) is 0 Å². The van der Waals surface area contributed by atoms with Gasteiger partial charge in [0.25, 0.3) is 0 Å². The first-order valence-corrected chi connectivity index (χ1v) is 7.92. The summed E-state index contributed by atoms with van der Waals surface area (Å²) in [5.41, 5.74) is 0. The molecule has 2 aliphatic carbocycles. The average molecular weight is 277 g/mol. The van der Waals surface area contributed by atoms with Crippen molar-refractivity contribution in [2.75, 3.05) is 14.1 Å². The highest BCUT2D eigenvalue weighted by Gasteiger charge is 2.35. The Hall–Kier alpha value is -0.940. The summed E-state index contributed by atoms with van der Waals surface area (Å²) in [7, 11) is 6.24. The van der Waals surface area contributed by atoms with Gasteiger partial charge in [-0.05, 0) is 39.8 Å². The first kappa shape index (κ1) is 14.0. The number of nitrogens with one attached hydrogen (secondary N) is 1. The second kappa shape index (κ2) is 5.82. The molecule has 0 amide bonds. The second-order valence-electron chi connectivity index (χ2n) is 6.78. The van der Waals surface area contributed by atoms with Crippen LogP contribution in [0.4, 0.5) is 0 Å². The smallest absolute Gasteiger partial charge is 0.146 e. The van der Waals surface area contributed by atoms with Crippen LogP contribution in [-0.4, -0.2) is 45.8 Å². The fraction of sp³-hybridized carbons (Fsp3) is 0.867. The van der Waals surface area contributed by atoms with E-state index in [-0.39, 0.29) is 0 Å². The van der Waals surface area contributed by atoms with E-state index in [2.05, 4.69) is 46.1 Å². The van der Waals surface area contributed by atoms with Gasteiger partial charge in [0.2, 0.25) is 0 Å². The molecule has 1 N–H and O–H groups in total. The minimum atomic E-state index is 0.599. The van der Waals surface area contributed by atoms with Gasteiger partial charge in [0, 0.05) is 25.0 Å². The van der Waals surface area contributed by atoms with E-state index < -0.39 is 0 Å². The quantitative estimate of drug-likeness (QED) is 0.889. The van der Waals surface area contributed by atoms with E-state index >= 15 is 0 Å². The van der Waals surface area contributed by atoms with Crippen LogP contribution < -0.4 is 5.32 Å². The Bertz CT molecular complexity index is 441. The summed E-state index contributed by atoms with van der Waals surface area (Å²) in [6.45, 7) is 0.861. The monoisotopic (exact) mass is 277 g/mol. The molecule has 5 nitrogen and oxygen atoms in total. The van der Waals surface area contributed by atoms with E-state index in [9.17, 15) is 0 Å². The van der Waals surface area contributed by atoms with Crippen LogP contribution in [0.25, 0.3) is 0 Å². The highest BCUT2D eigenvalue weighted by molar-refractivity contribution is 5.09. The molecule has 0 unspecified atom stereocenters. The largest absolute Gasteiger partial charge is 0.317 e. The molecule has 0 aliphatic heterocycles. The molecule has 0 bridgehead atoms. The minimum Gasteiger partial charge on any atom is -0.317 e. The molecule has 1 aromatic heterocycles. The van der Waals surface area contributed by atoms with E-state index in [0.717, 1.165) is 18.4 Å². The SMILES string of the molecule is CN(C)Cc1nnc(C2CC(NC3CCCC3)C2)n1C. The summed E-state index contributed by atoms with van der Waals surface area (Å²) in [4.78, 5) is 2.14. The predicted molar refractivity (Wildman–Crippen MR) is 79.5 cm³/mol. The Morgan fingerprint density at radius 1 is 1.15 bits per heavy atom. The zero-order chi connectivity index (χ0) is 14.1. The van der Waals surface area contributed by atoms with E-state index in [0.29, 0.717) is 12.0 Å². The van der Waals surface area contributed by atoms with Crippen molar-refractivity contribution in [1.82, 2.24) is 25.0 Å². The zero-order valence-corrected chi connectivity index (χ0v) is 13.0. The van der Waals surface area contributed by atoms with Crippen molar-refractivity contribution in [3.63, 3.8) is 0 Å². The molecule has 5 heteroatoms. The first-order chi connectivity index (χ1) is 9.63. The van der Waals surface area contributed by atoms with E-state index in [4.69, 9.17) is 0 Å². The maximum atomic E-state index is 4.42. The summed E-state index contributed by atoms with van der Waals surface area (Å²) in [5, 5.41) is 12.6. The lowest BCUT2D eigenvalue weighted by Gasteiger charge is -2.37. The summed E-state index contributed by atoms with van der Waals surface area (Å²) < 4.78 is 2.19. The van der Waals surface area contributed by atoms with Crippen molar-refractivity contribution in [1.29, 1.82) is 0 Å². The molecule has 2 fully saturated rings. The topological polar surface area (TPSA) is 46.0 Å². The van der Waals surface area contributed by atoms with E-state index in [1.54, 1.807) is 0 Å². The third kappa shape index (κ3) is 2.88. The van der Waals surface area contributed by atoms with Crippen LogP contribution in [-0.2, 0) is 13.6 Å². The number of aromatic nitrogens is 3. The lowest BCUT2D eigenvalue weighted by atomic mass is 9.79. The predicted octanol–water partition coefficient (Wildman–Crippen LogP) is 1.65. The molecule has 0 spiro atoms. The van der Waals surface area contributed by atoms with Gasteiger partial charge >= 0.3 is 0 Å². The zero-order valence-electron chi connectivity index (χ0n) is 13.0. The van der Waals surface area contributed by atoms with Crippen LogP contribution in [0.2, 0.25) is 0 Å². The van der Waals surface area contributed by atoms with Crippen molar-refractivity contribution in [3.05, 3.63) is 11.6 Å². The Kier molecular flexibility index (Phi) is 4.08. The molecule has 2 saturated carbocycles. The second-order valence-corrected chi connectivity index (χ2v) is 6.78. The molecule has 0 radical (unpaired) electrons. The molecule has 20 heavy (non-hydrogen) atoms. The van der Waals surface area contributed by atoms with E-state index in [1.165, 1.54) is 44.3 Å². The maximum Gasteiger partial charge on any atom is 0.146 e. The first-order valence-electron chi connectivity index (χ1n) is 7.92. The third-order valence-electron chi connectivity index (χ3n) is 4.79. The molecule has 0 aromatic carbocycles. The summed E-state index contributed by atoms with van der Waals surface area (Å²) in [6, 6.07) is 1.49. The molecule has 2 aliphatic rings. The Labute approximate surface area is 121 Å². The van der Waals surface area contributed by atoms with Crippen LogP contribution in [0.1, 0.15) is 56.1 Å². The molecular formula is C15H27N5. The number of hydrogen-bond donors (Lipinski definition) is 1. The Balaban J connectivity index is 1.52. The van der Waals surface area contributed by atoms with Gasteiger partial charge in [0.1, 0.15) is 11.6 Å². The van der Waals surface area contributed by atoms with Gasteiger partial charge in [-0.15, -0.1) is 10.2 Å². The summed E-state index contributed by atoms with van der Waals surface area (Å²) in [6.07, 6.45) is 8.01. The van der Waals surface area contributed by atoms with Crippen LogP contribution in [0, 0.1) is 0 Å². The van der Waals surface area contributed by atoms with E-state index in [1.807, 2.05) is 0 Å². The van der Waals surface area contributed by atoms with Gasteiger partial charge in [-0.2, -0.15) is 0 Å². The normalized spacial score (nSPS) is 27.2. The number of rotatable bonds is 5. The molecule has 3 rings (SSSR count). The Morgan fingerprint density at radius 2 is 1.85 bits per heavy atom. The van der Waals surface area contributed by atoms with Crippen molar-refractivity contribution in [2.24, 2.45) is 7.05 Å². The Morgan fingerprint density at radius 3 is 2.50 bits per heavy atom. The average Bonchev–Trinajstić information content (AvgIpc) is 2.95. The van der Waals surface area contributed by atoms with Crippen molar-refractivity contribution in [3.8, 4) is 0 Å². The molecule has 0 saturated heterocycles. The van der Waals surface area contributed by atoms with Crippen molar-refractivity contribution >= 4 is 0 Å². The summed E-state index contributed by atoms with van der Waals surface area (Å²) in [5.74, 6) is 2.84. The lowest BCUT2D eigenvalue weighted by molar-refractivity contribution is 0.253. The minimum absolute atomic E-state index is 0.599. The van der Waals surface area contributed by atoms with Crippen LogP contribution >= 0.6 is 0 Å². The van der Waals surface area contributed by atoms with Gasteiger partial charge in [-0.1, -0.05) is 12.8 Å². The number of hydrogen-bond acceptors (Lipinski definition) is 4. The van der Waals surface area contributed by atoms with Gasteiger partial charge in [0.05, 0.1) is 6.54 Å². The fourth-order valence-electron chi connectivity index (χ4n) is 3.54. The van der Waals surface area contributed by atoms with Gasteiger partial charge in [-0.25, -0.2) is 0 Å². The van der Waals surface area contributed by atoms with Crippen LogP contribution in [0.15, 0.2) is 0 Å². The van der Waals surface area contributed by atoms with Crippen molar-refractivity contribution < 1.29 is 0 Å².